The first-order valence-corrected chi connectivity index (χ1v) is 11.3. The molecule has 0 aliphatic carbocycles. The van der Waals surface area contributed by atoms with Gasteiger partial charge in [0.2, 0.25) is 0 Å². The minimum absolute atomic E-state index is 0.251. The summed E-state index contributed by atoms with van der Waals surface area (Å²) in [6.07, 6.45) is 3.28. The molecule has 1 N–H and O–H groups in total. The van der Waals surface area contributed by atoms with Gasteiger partial charge in [-0.15, -0.1) is 0 Å². The Morgan fingerprint density at radius 3 is 2.68 bits per heavy atom. The molecule has 7 nitrogen and oxygen atoms in total. The maximum Gasteiger partial charge on any atom is 0.338 e. The van der Waals surface area contributed by atoms with Crippen LogP contribution in [0.5, 0.6) is 5.75 Å². The van der Waals surface area contributed by atoms with E-state index in [9.17, 15) is 9.59 Å². The molecule has 1 amide bonds. The maximum atomic E-state index is 12.8. The standard InChI is InChI=1S/C26H22BrN3O4/c1-33-26(32)24-11-3-2-7-20(24)15-30-16-22(14-28-30)29-25(31)19-8-4-6-18(12-19)17-34-23-10-5-9-21(27)13-23/h2-14,16H,15,17H2,1H3,(H,29,31). The van der Waals surface area contributed by atoms with Crippen molar-refractivity contribution < 1.29 is 19.1 Å². The van der Waals surface area contributed by atoms with Crippen LogP contribution in [-0.2, 0) is 17.9 Å². The molecule has 0 aliphatic heterocycles. The van der Waals surface area contributed by atoms with Crippen LogP contribution in [0.25, 0.3) is 0 Å². The number of hydrogen-bond donors (Lipinski definition) is 1. The van der Waals surface area contributed by atoms with Crippen molar-refractivity contribution >= 4 is 33.5 Å². The summed E-state index contributed by atoms with van der Waals surface area (Å²) < 4.78 is 13.2. The molecule has 0 unspecified atom stereocenters. The highest BCUT2D eigenvalue weighted by Crippen LogP contribution is 2.19. The molecule has 0 radical (unpaired) electrons. The fourth-order valence-electron chi connectivity index (χ4n) is 3.39. The van der Waals surface area contributed by atoms with E-state index < -0.39 is 5.97 Å². The zero-order chi connectivity index (χ0) is 23.9. The fourth-order valence-corrected chi connectivity index (χ4v) is 3.76. The van der Waals surface area contributed by atoms with Crippen molar-refractivity contribution in [2.45, 2.75) is 13.2 Å². The third kappa shape index (κ3) is 5.90. The Morgan fingerprint density at radius 1 is 1.03 bits per heavy atom. The van der Waals surface area contributed by atoms with E-state index in [0.717, 1.165) is 21.3 Å². The lowest BCUT2D eigenvalue weighted by Crippen LogP contribution is -2.12. The van der Waals surface area contributed by atoms with Crippen molar-refractivity contribution in [3.63, 3.8) is 0 Å². The van der Waals surface area contributed by atoms with Crippen molar-refractivity contribution in [2.24, 2.45) is 0 Å². The number of amides is 1. The summed E-state index contributed by atoms with van der Waals surface area (Å²) in [7, 11) is 1.35. The van der Waals surface area contributed by atoms with Gasteiger partial charge in [-0.05, 0) is 47.5 Å². The van der Waals surface area contributed by atoms with Crippen LogP contribution < -0.4 is 10.1 Å². The molecule has 1 heterocycles. The van der Waals surface area contributed by atoms with E-state index in [0.29, 0.717) is 30.0 Å². The first-order valence-electron chi connectivity index (χ1n) is 10.5. The van der Waals surface area contributed by atoms with E-state index in [-0.39, 0.29) is 5.91 Å². The average molecular weight is 520 g/mol. The van der Waals surface area contributed by atoms with Crippen molar-refractivity contribution in [1.29, 1.82) is 0 Å². The van der Waals surface area contributed by atoms with Gasteiger partial charge in [-0.1, -0.05) is 52.3 Å². The van der Waals surface area contributed by atoms with Crippen LogP contribution in [0.1, 0.15) is 31.8 Å². The molecular weight excluding hydrogens is 498 g/mol. The van der Waals surface area contributed by atoms with Gasteiger partial charge in [0.05, 0.1) is 31.1 Å². The van der Waals surface area contributed by atoms with Gasteiger partial charge in [-0.2, -0.15) is 5.10 Å². The molecule has 34 heavy (non-hydrogen) atoms. The SMILES string of the molecule is COC(=O)c1ccccc1Cn1cc(NC(=O)c2cccc(COc3cccc(Br)c3)c2)cn1. The van der Waals surface area contributed by atoms with Crippen molar-refractivity contribution in [3.8, 4) is 5.75 Å². The monoisotopic (exact) mass is 519 g/mol. The minimum Gasteiger partial charge on any atom is -0.489 e. The number of anilines is 1. The summed E-state index contributed by atoms with van der Waals surface area (Å²) in [5.74, 6) is 0.0873. The molecule has 0 fully saturated rings. The van der Waals surface area contributed by atoms with Crippen molar-refractivity contribution in [1.82, 2.24) is 9.78 Å². The van der Waals surface area contributed by atoms with E-state index in [1.165, 1.54) is 7.11 Å². The summed E-state index contributed by atoms with van der Waals surface area (Å²) >= 11 is 3.42. The summed E-state index contributed by atoms with van der Waals surface area (Å²) in [6.45, 7) is 0.707. The molecule has 3 aromatic carbocycles. The highest BCUT2D eigenvalue weighted by molar-refractivity contribution is 9.10. The Bertz CT molecular complexity index is 1320. The van der Waals surface area contributed by atoms with E-state index in [1.807, 2.05) is 48.5 Å². The normalized spacial score (nSPS) is 10.5. The second kappa shape index (κ2) is 10.8. The van der Waals surface area contributed by atoms with Gasteiger partial charge < -0.3 is 14.8 Å². The number of halogens is 1. The molecule has 0 bridgehead atoms. The van der Waals surface area contributed by atoms with E-state index in [2.05, 4.69) is 26.3 Å². The molecule has 8 heteroatoms. The quantitative estimate of drug-likeness (QED) is 0.319. The van der Waals surface area contributed by atoms with Gasteiger partial charge in [0.15, 0.2) is 0 Å². The molecule has 172 valence electrons. The molecule has 4 aromatic rings. The summed E-state index contributed by atoms with van der Waals surface area (Å²) in [6, 6.07) is 22.0. The number of nitrogens with one attached hydrogen (secondary N) is 1. The number of carbonyl (C=O) groups excluding carboxylic acids is 2. The van der Waals surface area contributed by atoms with Crippen LogP contribution in [0, 0.1) is 0 Å². The van der Waals surface area contributed by atoms with E-state index in [1.54, 1.807) is 41.3 Å². The molecule has 1 aromatic heterocycles. The van der Waals surface area contributed by atoms with Gasteiger partial charge in [0, 0.05) is 16.2 Å². The Hall–Kier alpha value is -3.91. The average Bonchev–Trinajstić information content (AvgIpc) is 3.29. The molecule has 0 spiro atoms. The third-order valence-electron chi connectivity index (χ3n) is 5.04. The zero-order valence-corrected chi connectivity index (χ0v) is 20.0. The highest BCUT2D eigenvalue weighted by atomic mass is 79.9. The van der Waals surface area contributed by atoms with Crippen LogP contribution in [-0.4, -0.2) is 28.8 Å². The predicted octanol–water partition coefficient (Wildman–Crippen LogP) is 5.31. The number of benzene rings is 3. The highest BCUT2D eigenvalue weighted by Gasteiger charge is 2.13. The van der Waals surface area contributed by atoms with Gasteiger partial charge in [0.1, 0.15) is 12.4 Å². The number of aromatic nitrogens is 2. The topological polar surface area (TPSA) is 82.5 Å². The van der Waals surface area contributed by atoms with Crippen LogP contribution in [0.4, 0.5) is 5.69 Å². The lowest BCUT2D eigenvalue weighted by atomic mass is 10.1. The number of hydrogen-bond acceptors (Lipinski definition) is 5. The number of methoxy groups -OCH3 is 1. The summed E-state index contributed by atoms with van der Waals surface area (Å²) in [4.78, 5) is 24.8. The summed E-state index contributed by atoms with van der Waals surface area (Å²) in [5, 5.41) is 7.16. The molecule has 0 atom stereocenters. The first kappa shape index (κ1) is 23.3. The zero-order valence-electron chi connectivity index (χ0n) is 18.4. The Labute approximate surface area is 205 Å². The Kier molecular flexibility index (Phi) is 7.39. The predicted molar refractivity (Wildman–Crippen MR) is 132 cm³/mol. The molecular formula is C26H22BrN3O4. The number of nitrogens with zero attached hydrogens (tertiary/aromatic N) is 2. The third-order valence-corrected chi connectivity index (χ3v) is 5.53. The molecule has 4 rings (SSSR count). The van der Waals surface area contributed by atoms with Crippen molar-refractivity contribution in [3.05, 3.63) is 112 Å². The first-order chi connectivity index (χ1) is 16.5. The summed E-state index contributed by atoms with van der Waals surface area (Å²) in [5.41, 5.74) is 3.19. The largest absolute Gasteiger partial charge is 0.489 e. The lowest BCUT2D eigenvalue weighted by Gasteiger charge is -2.09. The number of rotatable bonds is 8. The fraction of sp³-hybridized carbons (Fsp3) is 0.115. The molecule has 0 saturated heterocycles. The van der Waals surface area contributed by atoms with Crippen LogP contribution >= 0.6 is 15.9 Å². The number of esters is 1. The van der Waals surface area contributed by atoms with Gasteiger partial charge in [-0.25, -0.2) is 4.79 Å². The number of ether oxygens (including phenoxy) is 2. The molecule has 0 aliphatic rings. The minimum atomic E-state index is -0.403. The van der Waals surface area contributed by atoms with Crippen LogP contribution in [0.15, 0.2) is 89.7 Å². The second-order valence-corrected chi connectivity index (χ2v) is 8.39. The van der Waals surface area contributed by atoms with Crippen molar-refractivity contribution in [2.75, 3.05) is 12.4 Å². The van der Waals surface area contributed by atoms with E-state index >= 15 is 0 Å². The maximum absolute atomic E-state index is 12.8. The Morgan fingerprint density at radius 2 is 1.85 bits per heavy atom. The smallest absolute Gasteiger partial charge is 0.338 e. The van der Waals surface area contributed by atoms with Gasteiger partial charge in [-0.3, -0.25) is 9.48 Å². The second-order valence-electron chi connectivity index (χ2n) is 7.48. The van der Waals surface area contributed by atoms with Crippen LogP contribution in [0.2, 0.25) is 0 Å². The van der Waals surface area contributed by atoms with Gasteiger partial charge in [0.25, 0.3) is 5.91 Å². The number of carbonyl (C=O) groups is 2. The van der Waals surface area contributed by atoms with Gasteiger partial charge >= 0.3 is 5.97 Å². The van der Waals surface area contributed by atoms with E-state index in [4.69, 9.17) is 9.47 Å². The molecule has 0 saturated carbocycles. The Balaban J connectivity index is 1.39. The van der Waals surface area contributed by atoms with Crippen LogP contribution in [0.3, 0.4) is 0 Å². The lowest BCUT2D eigenvalue weighted by molar-refractivity contribution is 0.0599.